The van der Waals surface area contributed by atoms with E-state index in [0.29, 0.717) is 42.1 Å². The average Bonchev–Trinajstić information content (AvgIpc) is 3.33. The van der Waals surface area contributed by atoms with Gasteiger partial charge in [-0.3, -0.25) is 4.79 Å². The molecular weight excluding hydrogens is 441 g/mol. The summed E-state index contributed by atoms with van der Waals surface area (Å²) in [5, 5.41) is 3.85. The van der Waals surface area contributed by atoms with Crippen molar-refractivity contribution >= 4 is 38.8 Å². The topological polar surface area (TPSA) is 106 Å². The summed E-state index contributed by atoms with van der Waals surface area (Å²) in [6, 6.07) is 7.17. The number of nitrogen functional groups attached to an aromatic ring is 1. The number of nitrogens with two attached hydrogens (primary N) is 2. The maximum absolute atomic E-state index is 15.1. The maximum atomic E-state index is 15.1. The number of methoxy groups -OCH3 is 1. The van der Waals surface area contributed by atoms with Gasteiger partial charge in [-0.2, -0.15) is 0 Å². The first kappa shape index (κ1) is 22.1. The van der Waals surface area contributed by atoms with E-state index < -0.39 is 0 Å². The molecule has 0 saturated carbocycles. The second-order valence-electron chi connectivity index (χ2n) is 8.97. The monoisotopic (exact) mass is 469 g/mol. The van der Waals surface area contributed by atoms with Gasteiger partial charge in [0.1, 0.15) is 15.5 Å². The van der Waals surface area contributed by atoms with Gasteiger partial charge in [-0.1, -0.05) is 0 Å². The number of rotatable bonds is 4. The number of carbonyl (C=O) groups excluding carboxylic acids is 1. The van der Waals surface area contributed by atoms with Crippen LogP contribution in [0.15, 0.2) is 24.3 Å². The van der Waals surface area contributed by atoms with Crippen molar-refractivity contribution in [3.63, 3.8) is 0 Å². The van der Waals surface area contributed by atoms with Gasteiger partial charge in [-0.05, 0) is 61.6 Å². The summed E-state index contributed by atoms with van der Waals surface area (Å²) in [5.41, 5.74) is 16.2. The molecule has 1 fully saturated rings. The lowest BCUT2D eigenvalue weighted by Gasteiger charge is -2.28. The Morgan fingerprint density at radius 3 is 2.91 bits per heavy atom. The Morgan fingerprint density at radius 1 is 1.33 bits per heavy atom. The SMILES string of the molecule is CO[C@H]1CN(c2cc(F)c3c(c2)CC[C@@H](NC(=O)c2sc4nc(C)ccc4c2N)C3)C[C@@H]1N. The van der Waals surface area contributed by atoms with Crippen LogP contribution in [-0.4, -0.2) is 49.3 Å². The molecule has 5 rings (SSSR count). The summed E-state index contributed by atoms with van der Waals surface area (Å²) >= 11 is 1.29. The third kappa shape index (κ3) is 4.05. The minimum absolute atomic E-state index is 0.0517. The molecule has 1 amide bonds. The molecule has 5 N–H and O–H groups in total. The number of carbonyl (C=O) groups is 1. The molecule has 7 nitrogen and oxygen atoms in total. The van der Waals surface area contributed by atoms with Crippen molar-refractivity contribution in [3.8, 4) is 0 Å². The van der Waals surface area contributed by atoms with Crippen molar-refractivity contribution < 1.29 is 13.9 Å². The minimum Gasteiger partial charge on any atom is -0.397 e. The van der Waals surface area contributed by atoms with Gasteiger partial charge < -0.3 is 26.4 Å². The van der Waals surface area contributed by atoms with Crippen molar-refractivity contribution in [1.29, 1.82) is 0 Å². The van der Waals surface area contributed by atoms with E-state index in [4.69, 9.17) is 16.2 Å². The van der Waals surface area contributed by atoms with Crippen molar-refractivity contribution in [2.24, 2.45) is 5.73 Å². The molecule has 1 aliphatic carbocycles. The quantitative estimate of drug-likeness (QED) is 0.543. The molecule has 2 aromatic heterocycles. The lowest BCUT2D eigenvalue weighted by Crippen LogP contribution is -2.39. The highest BCUT2D eigenvalue weighted by Crippen LogP contribution is 2.34. The summed E-state index contributed by atoms with van der Waals surface area (Å²) in [4.78, 5) is 20.7. The van der Waals surface area contributed by atoms with Crippen LogP contribution in [0.4, 0.5) is 15.8 Å². The molecule has 0 spiro atoms. The van der Waals surface area contributed by atoms with Crippen molar-refractivity contribution in [2.75, 3.05) is 30.8 Å². The van der Waals surface area contributed by atoms with Gasteiger partial charge in [0.25, 0.3) is 5.91 Å². The van der Waals surface area contributed by atoms with Crippen molar-refractivity contribution in [2.45, 2.75) is 44.4 Å². The summed E-state index contributed by atoms with van der Waals surface area (Å²) in [6.45, 7) is 3.20. The number of amides is 1. The van der Waals surface area contributed by atoms with E-state index in [9.17, 15) is 4.79 Å². The normalized spacial score (nSPS) is 22.5. The second-order valence-corrected chi connectivity index (χ2v) is 9.97. The van der Waals surface area contributed by atoms with Crippen LogP contribution in [0.3, 0.4) is 0 Å². The van der Waals surface area contributed by atoms with Gasteiger partial charge in [0.05, 0.1) is 17.8 Å². The van der Waals surface area contributed by atoms with Gasteiger partial charge >= 0.3 is 0 Å². The van der Waals surface area contributed by atoms with Crippen LogP contribution in [-0.2, 0) is 17.6 Å². The van der Waals surface area contributed by atoms with Crippen LogP contribution in [0, 0.1) is 12.7 Å². The molecule has 3 atom stereocenters. The fraction of sp³-hybridized carbons (Fsp3) is 0.417. The minimum atomic E-state index is -0.239. The summed E-state index contributed by atoms with van der Waals surface area (Å²) < 4.78 is 20.5. The molecular formula is C24H28FN5O2S. The van der Waals surface area contributed by atoms with Crippen LogP contribution in [0.5, 0.6) is 0 Å². The number of aromatic nitrogens is 1. The Balaban J connectivity index is 1.31. The fourth-order valence-corrected chi connectivity index (χ4v) is 5.92. The van der Waals surface area contributed by atoms with Crippen molar-refractivity contribution in [1.82, 2.24) is 10.3 Å². The number of hydrogen-bond acceptors (Lipinski definition) is 7. The summed E-state index contributed by atoms with van der Waals surface area (Å²) in [7, 11) is 1.65. The average molecular weight is 470 g/mol. The number of hydrogen-bond donors (Lipinski definition) is 3. The fourth-order valence-electron chi connectivity index (χ4n) is 4.88. The third-order valence-electron chi connectivity index (χ3n) is 6.74. The highest BCUT2D eigenvalue weighted by Gasteiger charge is 2.32. The van der Waals surface area contributed by atoms with E-state index in [0.717, 1.165) is 33.6 Å². The van der Waals surface area contributed by atoms with Crippen LogP contribution in [0.25, 0.3) is 10.2 Å². The zero-order chi connectivity index (χ0) is 23.3. The van der Waals surface area contributed by atoms with Gasteiger partial charge in [0.15, 0.2) is 0 Å². The molecule has 9 heteroatoms. The highest BCUT2D eigenvalue weighted by molar-refractivity contribution is 7.21. The molecule has 1 aliphatic heterocycles. The Hall–Kier alpha value is -2.75. The van der Waals surface area contributed by atoms with Gasteiger partial charge in [0, 0.05) is 43.0 Å². The number of pyridine rings is 1. The summed E-state index contributed by atoms with van der Waals surface area (Å²) in [5.74, 6) is -0.466. The molecule has 0 unspecified atom stereocenters. The number of aryl methyl sites for hydroxylation is 2. The molecule has 0 bridgehead atoms. The second kappa shape index (κ2) is 8.55. The van der Waals surface area contributed by atoms with E-state index in [-0.39, 0.29) is 29.9 Å². The van der Waals surface area contributed by atoms with E-state index in [1.54, 1.807) is 13.2 Å². The Kier molecular flexibility index (Phi) is 5.72. The maximum Gasteiger partial charge on any atom is 0.263 e. The van der Waals surface area contributed by atoms with Gasteiger partial charge in [0.2, 0.25) is 0 Å². The standard InChI is InChI=1S/C24H28FN5O2S/c1-12-3-6-16-21(27)22(33-24(16)28-12)23(31)29-14-5-4-13-7-15(9-18(25)17(13)8-14)30-10-19(26)20(11-30)32-2/h3,6-7,9,14,19-20H,4-5,8,10-11,26-27H2,1-2H3,(H,29,31)/t14-,19+,20+/m1/s1. The number of halogens is 1. The zero-order valence-corrected chi connectivity index (χ0v) is 19.5. The van der Waals surface area contributed by atoms with E-state index in [1.165, 1.54) is 11.3 Å². The molecule has 1 aromatic carbocycles. The Labute approximate surface area is 195 Å². The number of nitrogens with zero attached hydrogens (tertiary/aromatic N) is 2. The van der Waals surface area contributed by atoms with Crippen molar-refractivity contribution in [3.05, 3.63) is 51.8 Å². The third-order valence-corrected chi connectivity index (χ3v) is 7.85. The molecule has 1 saturated heterocycles. The van der Waals surface area contributed by atoms with Crippen LogP contribution in [0.1, 0.15) is 32.9 Å². The predicted octanol–water partition coefficient (Wildman–Crippen LogP) is 2.78. The van der Waals surface area contributed by atoms with E-state index in [2.05, 4.69) is 21.3 Å². The highest BCUT2D eigenvalue weighted by atomic mass is 32.1. The number of nitrogens with one attached hydrogen (secondary N) is 1. The van der Waals surface area contributed by atoms with Crippen LogP contribution >= 0.6 is 11.3 Å². The first-order valence-electron chi connectivity index (χ1n) is 11.1. The van der Waals surface area contributed by atoms with Crippen LogP contribution in [0.2, 0.25) is 0 Å². The molecule has 0 radical (unpaired) electrons. The number of benzene rings is 1. The summed E-state index contributed by atoms with van der Waals surface area (Å²) in [6.07, 6.45) is 1.84. The first-order valence-corrected chi connectivity index (χ1v) is 12.0. The molecule has 2 aliphatic rings. The van der Waals surface area contributed by atoms with Gasteiger partial charge in [-0.15, -0.1) is 11.3 Å². The van der Waals surface area contributed by atoms with E-state index in [1.807, 2.05) is 19.1 Å². The first-order chi connectivity index (χ1) is 15.8. The molecule has 33 heavy (non-hydrogen) atoms. The Bertz CT molecular complexity index is 1230. The lowest BCUT2D eigenvalue weighted by molar-refractivity contribution is 0.0938. The number of thiophene rings is 1. The largest absolute Gasteiger partial charge is 0.397 e. The Morgan fingerprint density at radius 2 is 2.15 bits per heavy atom. The number of anilines is 2. The zero-order valence-electron chi connectivity index (χ0n) is 18.7. The van der Waals surface area contributed by atoms with Gasteiger partial charge in [-0.25, -0.2) is 9.37 Å². The smallest absolute Gasteiger partial charge is 0.263 e. The molecule has 3 aromatic rings. The van der Waals surface area contributed by atoms with E-state index >= 15 is 4.39 Å². The number of fused-ring (bicyclic) bond motifs is 2. The predicted molar refractivity (Wildman–Crippen MR) is 129 cm³/mol. The molecule has 174 valence electrons. The molecule has 3 heterocycles. The van der Waals surface area contributed by atoms with Crippen LogP contribution < -0.4 is 21.7 Å². The lowest BCUT2D eigenvalue weighted by atomic mass is 9.87. The number of ether oxygens (including phenoxy) is 1.